The molecule has 0 spiro atoms. The molecule has 1 N–H and O–H groups in total. The average molecular weight is 241 g/mol. The fourth-order valence-corrected chi connectivity index (χ4v) is 2.09. The Morgan fingerprint density at radius 1 is 1.50 bits per heavy atom. The molecule has 0 atom stereocenters. The first kappa shape index (κ1) is 11.8. The van der Waals surface area contributed by atoms with Crippen LogP contribution >= 0.6 is 11.5 Å². The van der Waals surface area contributed by atoms with Gasteiger partial charge in [-0.15, -0.1) is 5.10 Å². The second kappa shape index (κ2) is 6.15. The molecule has 0 bridgehead atoms. The number of hydrogen-bond acceptors (Lipinski definition) is 5. The molecule has 90 valence electrons. The first-order chi connectivity index (χ1) is 7.90. The molecule has 1 aliphatic rings. The van der Waals surface area contributed by atoms with Gasteiger partial charge in [-0.1, -0.05) is 24.3 Å². The van der Waals surface area contributed by atoms with Gasteiger partial charge in [0.1, 0.15) is 10.7 Å². The van der Waals surface area contributed by atoms with Crippen molar-refractivity contribution in [3.63, 3.8) is 0 Å². The summed E-state index contributed by atoms with van der Waals surface area (Å²) in [7, 11) is 0. The van der Waals surface area contributed by atoms with E-state index < -0.39 is 0 Å². The quantitative estimate of drug-likeness (QED) is 0.711. The van der Waals surface area contributed by atoms with Crippen LogP contribution in [-0.4, -0.2) is 22.7 Å². The maximum Gasteiger partial charge on any atom is 0.135 e. The van der Waals surface area contributed by atoms with Crippen molar-refractivity contribution in [3.8, 4) is 0 Å². The standard InChI is InChI=1S/C11H19N3OS/c1-2-6-12-11-10(13-14-16-11)8-15-7-5-9-3-4-9/h9,12H,2-8H2,1H3. The van der Waals surface area contributed by atoms with Crippen LogP contribution in [0.5, 0.6) is 0 Å². The van der Waals surface area contributed by atoms with Gasteiger partial charge in [0.15, 0.2) is 0 Å². The highest BCUT2D eigenvalue weighted by molar-refractivity contribution is 7.10. The van der Waals surface area contributed by atoms with Gasteiger partial charge in [-0.2, -0.15) is 0 Å². The van der Waals surface area contributed by atoms with Crippen molar-refractivity contribution in [1.82, 2.24) is 9.59 Å². The molecule has 1 aromatic heterocycles. The zero-order valence-corrected chi connectivity index (χ0v) is 10.6. The molecule has 1 aliphatic carbocycles. The van der Waals surface area contributed by atoms with Gasteiger partial charge in [-0.05, 0) is 18.8 Å². The first-order valence-corrected chi connectivity index (χ1v) is 6.80. The molecule has 0 saturated heterocycles. The monoisotopic (exact) mass is 241 g/mol. The zero-order valence-electron chi connectivity index (χ0n) is 9.74. The SMILES string of the molecule is CCCNc1snnc1COCCC1CC1. The van der Waals surface area contributed by atoms with Crippen LogP contribution in [-0.2, 0) is 11.3 Å². The fourth-order valence-electron chi connectivity index (χ4n) is 1.50. The molecule has 1 fully saturated rings. The molecule has 1 saturated carbocycles. The van der Waals surface area contributed by atoms with E-state index in [9.17, 15) is 0 Å². The lowest BCUT2D eigenvalue weighted by Crippen LogP contribution is -2.03. The van der Waals surface area contributed by atoms with Crippen molar-refractivity contribution in [3.05, 3.63) is 5.69 Å². The van der Waals surface area contributed by atoms with E-state index in [1.54, 1.807) is 0 Å². The number of nitrogens with one attached hydrogen (secondary N) is 1. The summed E-state index contributed by atoms with van der Waals surface area (Å²) in [5, 5.41) is 8.46. The van der Waals surface area contributed by atoms with Gasteiger partial charge < -0.3 is 10.1 Å². The molecular formula is C11H19N3OS. The Morgan fingerprint density at radius 3 is 3.12 bits per heavy atom. The minimum Gasteiger partial charge on any atom is -0.375 e. The predicted molar refractivity (Wildman–Crippen MR) is 65.7 cm³/mol. The number of aromatic nitrogens is 2. The third kappa shape index (κ3) is 3.72. The highest BCUT2D eigenvalue weighted by Gasteiger charge is 2.20. The number of nitrogens with zero attached hydrogens (tertiary/aromatic N) is 2. The molecule has 0 aliphatic heterocycles. The summed E-state index contributed by atoms with van der Waals surface area (Å²) in [4.78, 5) is 0. The van der Waals surface area contributed by atoms with Gasteiger partial charge in [0.25, 0.3) is 0 Å². The third-order valence-corrected chi connectivity index (χ3v) is 3.42. The van der Waals surface area contributed by atoms with Crippen LogP contribution in [0.2, 0.25) is 0 Å². The number of anilines is 1. The second-order valence-electron chi connectivity index (χ2n) is 4.26. The van der Waals surface area contributed by atoms with Crippen LogP contribution in [0, 0.1) is 5.92 Å². The van der Waals surface area contributed by atoms with E-state index in [-0.39, 0.29) is 0 Å². The van der Waals surface area contributed by atoms with Crippen molar-refractivity contribution in [2.45, 2.75) is 39.2 Å². The molecule has 0 aromatic carbocycles. The van der Waals surface area contributed by atoms with E-state index in [4.69, 9.17) is 4.74 Å². The molecule has 16 heavy (non-hydrogen) atoms. The molecule has 5 heteroatoms. The maximum absolute atomic E-state index is 5.61. The Morgan fingerprint density at radius 2 is 2.38 bits per heavy atom. The maximum atomic E-state index is 5.61. The molecule has 0 radical (unpaired) electrons. The largest absolute Gasteiger partial charge is 0.375 e. The highest BCUT2D eigenvalue weighted by atomic mass is 32.1. The summed E-state index contributed by atoms with van der Waals surface area (Å²) in [6.45, 7) is 4.57. The lowest BCUT2D eigenvalue weighted by atomic mass is 10.3. The van der Waals surface area contributed by atoms with Crippen molar-refractivity contribution < 1.29 is 4.74 Å². The average Bonchev–Trinajstić information content (AvgIpc) is 3.01. The van der Waals surface area contributed by atoms with Crippen LogP contribution in [0.15, 0.2) is 0 Å². The van der Waals surface area contributed by atoms with Gasteiger partial charge in [0.2, 0.25) is 0 Å². The van der Waals surface area contributed by atoms with Gasteiger partial charge in [0.05, 0.1) is 6.61 Å². The Hall–Kier alpha value is -0.680. The summed E-state index contributed by atoms with van der Waals surface area (Å²) in [6.07, 6.45) is 5.10. The van der Waals surface area contributed by atoms with Crippen molar-refractivity contribution in [1.29, 1.82) is 0 Å². The second-order valence-corrected chi connectivity index (χ2v) is 5.01. The number of rotatable bonds is 8. The number of ether oxygens (including phenoxy) is 1. The Bertz CT molecular complexity index is 312. The summed E-state index contributed by atoms with van der Waals surface area (Å²) >= 11 is 1.41. The van der Waals surface area contributed by atoms with Crippen molar-refractivity contribution >= 4 is 16.5 Å². The Labute approximate surface area is 101 Å². The lowest BCUT2D eigenvalue weighted by molar-refractivity contribution is 0.113. The van der Waals surface area contributed by atoms with Gasteiger partial charge >= 0.3 is 0 Å². The third-order valence-electron chi connectivity index (χ3n) is 2.70. The molecule has 0 unspecified atom stereocenters. The predicted octanol–water partition coefficient (Wildman–Crippen LogP) is 2.68. The smallest absolute Gasteiger partial charge is 0.135 e. The van der Waals surface area contributed by atoms with Crippen LogP contribution in [0.25, 0.3) is 0 Å². The summed E-state index contributed by atoms with van der Waals surface area (Å²) in [5.41, 5.74) is 0.953. The van der Waals surface area contributed by atoms with Crippen LogP contribution in [0.1, 0.15) is 38.3 Å². The topological polar surface area (TPSA) is 47.0 Å². The Kier molecular flexibility index (Phi) is 4.54. The summed E-state index contributed by atoms with van der Waals surface area (Å²) in [5.74, 6) is 0.936. The van der Waals surface area contributed by atoms with Crippen molar-refractivity contribution in [2.24, 2.45) is 5.92 Å². The molecule has 4 nitrogen and oxygen atoms in total. The molecule has 2 rings (SSSR count). The highest BCUT2D eigenvalue weighted by Crippen LogP contribution is 2.32. The van der Waals surface area contributed by atoms with Gasteiger partial charge in [-0.3, -0.25) is 0 Å². The molecule has 1 heterocycles. The molecular weight excluding hydrogens is 222 g/mol. The molecule has 0 amide bonds. The van der Waals surface area contributed by atoms with E-state index in [1.807, 2.05) is 0 Å². The normalized spacial score (nSPS) is 15.3. The zero-order chi connectivity index (χ0) is 11.2. The molecule has 1 aromatic rings. The van der Waals surface area contributed by atoms with Crippen LogP contribution in [0.4, 0.5) is 5.00 Å². The van der Waals surface area contributed by atoms with E-state index >= 15 is 0 Å². The van der Waals surface area contributed by atoms with E-state index in [2.05, 4.69) is 21.8 Å². The van der Waals surface area contributed by atoms with Crippen molar-refractivity contribution in [2.75, 3.05) is 18.5 Å². The van der Waals surface area contributed by atoms with E-state index in [0.717, 1.165) is 36.2 Å². The summed E-state index contributed by atoms with van der Waals surface area (Å²) in [6, 6.07) is 0. The first-order valence-electron chi connectivity index (χ1n) is 6.03. The minimum absolute atomic E-state index is 0.593. The Balaban J connectivity index is 1.67. The van der Waals surface area contributed by atoms with Gasteiger partial charge in [0, 0.05) is 24.7 Å². The van der Waals surface area contributed by atoms with Crippen LogP contribution < -0.4 is 5.32 Å². The lowest BCUT2D eigenvalue weighted by Gasteiger charge is -2.04. The van der Waals surface area contributed by atoms with E-state index in [1.165, 1.54) is 30.8 Å². The fraction of sp³-hybridized carbons (Fsp3) is 0.818. The summed E-state index contributed by atoms with van der Waals surface area (Å²) < 4.78 is 9.56. The van der Waals surface area contributed by atoms with Crippen LogP contribution in [0.3, 0.4) is 0 Å². The minimum atomic E-state index is 0.593. The number of hydrogen-bond donors (Lipinski definition) is 1. The van der Waals surface area contributed by atoms with E-state index in [0.29, 0.717) is 6.61 Å². The van der Waals surface area contributed by atoms with Gasteiger partial charge in [-0.25, -0.2) is 0 Å².